The van der Waals surface area contributed by atoms with E-state index in [0.29, 0.717) is 30.2 Å². The van der Waals surface area contributed by atoms with Gasteiger partial charge >= 0.3 is 0 Å². The van der Waals surface area contributed by atoms with Crippen LogP contribution in [0.2, 0.25) is 0 Å². The highest BCUT2D eigenvalue weighted by Crippen LogP contribution is 2.14. The Hall–Kier alpha value is -3.88. The van der Waals surface area contributed by atoms with Crippen LogP contribution in [0, 0.1) is 11.6 Å². The molecule has 3 aromatic carbocycles. The van der Waals surface area contributed by atoms with Crippen molar-refractivity contribution in [2.75, 3.05) is 18.4 Å². The van der Waals surface area contributed by atoms with Crippen molar-refractivity contribution >= 4 is 11.6 Å². The fraction of sp³-hybridized carbons (Fsp3) is 0.214. The summed E-state index contributed by atoms with van der Waals surface area (Å²) in [6.07, 6.45) is 3.50. The third-order valence-corrected chi connectivity index (χ3v) is 5.75. The molecule has 0 bridgehead atoms. The number of hydrogen-bond donors (Lipinski definition) is 3. The smallest absolute Gasteiger partial charge is 0.231 e. The maximum absolute atomic E-state index is 13.5. The Morgan fingerprint density at radius 1 is 0.972 bits per heavy atom. The highest BCUT2D eigenvalue weighted by Gasteiger charge is 2.11. The lowest BCUT2D eigenvalue weighted by Crippen LogP contribution is -2.23. The highest BCUT2D eigenvalue weighted by molar-refractivity contribution is 5.91. The average molecular weight is 491 g/mol. The van der Waals surface area contributed by atoms with E-state index in [1.165, 1.54) is 12.1 Å². The molecule has 0 fully saturated rings. The van der Waals surface area contributed by atoms with Gasteiger partial charge in [-0.25, -0.2) is 13.8 Å². The molecule has 0 radical (unpaired) electrons. The van der Waals surface area contributed by atoms with Crippen LogP contribution in [0.3, 0.4) is 0 Å². The van der Waals surface area contributed by atoms with Crippen LogP contribution < -0.4 is 10.6 Å². The standard InChI is InChI=1S/C28H28F2N4O2/c29-23-14-21(15-24(30)16-23)19-34-13-12-32-27(34)17-28(36)33-25-8-6-20(7-9-25)10-11-31-18-26(35)22-4-2-1-3-5-22/h1-9,12-16,26,31,35H,10-11,17-19H2,(H,33,36)/t26-/m0/s1. The number of aliphatic hydroxyl groups is 1. The number of rotatable bonds is 11. The van der Waals surface area contributed by atoms with Gasteiger partial charge in [-0.2, -0.15) is 0 Å². The van der Waals surface area contributed by atoms with E-state index in [1.807, 2.05) is 54.6 Å². The van der Waals surface area contributed by atoms with E-state index in [2.05, 4.69) is 15.6 Å². The first-order chi connectivity index (χ1) is 17.5. The molecule has 36 heavy (non-hydrogen) atoms. The Morgan fingerprint density at radius 2 is 1.69 bits per heavy atom. The molecule has 0 spiro atoms. The van der Waals surface area contributed by atoms with Gasteiger partial charge in [0, 0.05) is 37.2 Å². The molecule has 0 aliphatic heterocycles. The predicted octanol–water partition coefficient (Wildman–Crippen LogP) is 4.26. The number of nitrogens with one attached hydrogen (secondary N) is 2. The molecule has 0 saturated heterocycles. The SMILES string of the molecule is O=C(Cc1nccn1Cc1cc(F)cc(F)c1)Nc1ccc(CCNC[C@H](O)c2ccccc2)cc1. The fourth-order valence-electron chi connectivity index (χ4n) is 3.92. The molecule has 0 unspecified atom stereocenters. The molecular formula is C28H28F2N4O2. The topological polar surface area (TPSA) is 79.2 Å². The van der Waals surface area contributed by atoms with Gasteiger partial charge in [0.25, 0.3) is 0 Å². The lowest BCUT2D eigenvalue weighted by atomic mass is 10.1. The van der Waals surface area contributed by atoms with Gasteiger partial charge in [0.15, 0.2) is 0 Å². The molecule has 0 aliphatic carbocycles. The van der Waals surface area contributed by atoms with Crippen molar-refractivity contribution in [1.82, 2.24) is 14.9 Å². The average Bonchev–Trinajstić information content (AvgIpc) is 3.28. The lowest BCUT2D eigenvalue weighted by molar-refractivity contribution is -0.115. The monoisotopic (exact) mass is 490 g/mol. The summed E-state index contributed by atoms with van der Waals surface area (Å²) in [5.74, 6) is -1.03. The third kappa shape index (κ3) is 7.31. The summed E-state index contributed by atoms with van der Waals surface area (Å²) in [6, 6.07) is 20.5. The maximum Gasteiger partial charge on any atom is 0.231 e. The van der Waals surface area contributed by atoms with Gasteiger partial charge in [-0.1, -0.05) is 42.5 Å². The summed E-state index contributed by atoms with van der Waals surface area (Å²) in [4.78, 5) is 16.8. The van der Waals surface area contributed by atoms with Crippen molar-refractivity contribution in [3.63, 3.8) is 0 Å². The quantitative estimate of drug-likeness (QED) is 0.275. The second kappa shape index (κ2) is 12.2. The van der Waals surface area contributed by atoms with Crippen LogP contribution in [0.1, 0.15) is 28.6 Å². The minimum absolute atomic E-state index is 0.0280. The zero-order chi connectivity index (χ0) is 25.3. The Morgan fingerprint density at radius 3 is 2.42 bits per heavy atom. The first-order valence-electron chi connectivity index (χ1n) is 11.7. The van der Waals surface area contributed by atoms with Gasteiger partial charge in [-0.05, 0) is 53.9 Å². The summed E-state index contributed by atoms with van der Waals surface area (Å²) in [6.45, 7) is 1.40. The lowest BCUT2D eigenvalue weighted by Gasteiger charge is -2.12. The van der Waals surface area contributed by atoms with Gasteiger partial charge < -0.3 is 20.3 Å². The van der Waals surface area contributed by atoms with E-state index in [0.717, 1.165) is 23.6 Å². The van der Waals surface area contributed by atoms with Crippen LogP contribution in [-0.2, 0) is 24.2 Å². The molecule has 4 aromatic rings. The second-order valence-electron chi connectivity index (χ2n) is 8.55. The molecule has 4 rings (SSSR count). The molecule has 1 amide bonds. The molecule has 1 heterocycles. The highest BCUT2D eigenvalue weighted by atomic mass is 19.1. The summed E-state index contributed by atoms with van der Waals surface area (Å²) in [7, 11) is 0. The summed E-state index contributed by atoms with van der Waals surface area (Å²) in [5.41, 5.74) is 3.11. The van der Waals surface area contributed by atoms with Gasteiger partial charge in [-0.3, -0.25) is 4.79 Å². The van der Waals surface area contributed by atoms with Crippen molar-refractivity contribution in [3.8, 4) is 0 Å². The number of halogens is 2. The number of carbonyl (C=O) groups excluding carboxylic acids is 1. The molecule has 8 heteroatoms. The van der Waals surface area contributed by atoms with Gasteiger partial charge in [0.05, 0.1) is 12.5 Å². The van der Waals surface area contributed by atoms with E-state index in [9.17, 15) is 18.7 Å². The van der Waals surface area contributed by atoms with Crippen molar-refractivity contribution in [3.05, 3.63) is 119 Å². The fourth-order valence-corrected chi connectivity index (χ4v) is 3.92. The van der Waals surface area contributed by atoms with E-state index in [-0.39, 0.29) is 18.9 Å². The molecular weight excluding hydrogens is 462 g/mol. The largest absolute Gasteiger partial charge is 0.387 e. The number of aliphatic hydroxyl groups excluding tert-OH is 1. The normalized spacial score (nSPS) is 11.9. The summed E-state index contributed by atoms with van der Waals surface area (Å²) >= 11 is 0. The van der Waals surface area contributed by atoms with Crippen molar-refractivity contribution in [1.29, 1.82) is 0 Å². The van der Waals surface area contributed by atoms with Crippen LogP contribution in [-0.4, -0.2) is 33.7 Å². The molecule has 1 atom stereocenters. The van der Waals surface area contributed by atoms with Gasteiger partial charge in [0.2, 0.25) is 5.91 Å². The number of carbonyl (C=O) groups is 1. The number of imidazole rings is 1. The Labute approximate surface area is 208 Å². The molecule has 0 aliphatic rings. The number of nitrogens with zero attached hydrogens (tertiary/aromatic N) is 2. The Kier molecular flexibility index (Phi) is 8.54. The van der Waals surface area contributed by atoms with Crippen LogP contribution in [0.15, 0.2) is 85.2 Å². The summed E-state index contributed by atoms with van der Waals surface area (Å²) < 4.78 is 28.6. The van der Waals surface area contributed by atoms with Crippen LogP contribution in [0.4, 0.5) is 14.5 Å². The molecule has 3 N–H and O–H groups in total. The number of aromatic nitrogens is 2. The molecule has 186 valence electrons. The van der Waals surface area contributed by atoms with E-state index in [4.69, 9.17) is 0 Å². The zero-order valence-electron chi connectivity index (χ0n) is 19.7. The van der Waals surface area contributed by atoms with E-state index < -0.39 is 17.7 Å². The number of anilines is 1. The number of benzene rings is 3. The maximum atomic E-state index is 13.5. The zero-order valence-corrected chi connectivity index (χ0v) is 19.7. The first-order valence-corrected chi connectivity index (χ1v) is 11.7. The Balaban J connectivity index is 1.23. The minimum atomic E-state index is -0.645. The minimum Gasteiger partial charge on any atom is -0.387 e. The van der Waals surface area contributed by atoms with Crippen molar-refractivity contribution < 1.29 is 18.7 Å². The number of hydrogen-bond acceptors (Lipinski definition) is 4. The van der Waals surface area contributed by atoms with Gasteiger partial charge in [-0.15, -0.1) is 0 Å². The Bertz CT molecular complexity index is 1260. The summed E-state index contributed by atoms with van der Waals surface area (Å²) in [5, 5.41) is 16.3. The van der Waals surface area contributed by atoms with Crippen molar-refractivity contribution in [2.24, 2.45) is 0 Å². The third-order valence-electron chi connectivity index (χ3n) is 5.75. The molecule has 0 saturated carbocycles. The van der Waals surface area contributed by atoms with Gasteiger partial charge in [0.1, 0.15) is 17.5 Å². The predicted molar refractivity (Wildman–Crippen MR) is 134 cm³/mol. The second-order valence-corrected chi connectivity index (χ2v) is 8.55. The van der Waals surface area contributed by atoms with E-state index in [1.54, 1.807) is 17.0 Å². The number of amides is 1. The van der Waals surface area contributed by atoms with E-state index >= 15 is 0 Å². The molecule has 6 nitrogen and oxygen atoms in total. The van der Waals surface area contributed by atoms with Crippen molar-refractivity contribution in [2.45, 2.75) is 25.5 Å². The first kappa shape index (κ1) is 25.2. The molecule has 1 aromatic heterocycles. The van der Waals surface area contributed by atoms with Crippen LogP contribution in [0.25, 0.3) is 0 Å². The van der Waals surface area contributed by atoms with Crippen LogP contribution in [0.5, 0.6) is 0 Å². The van der Waals surface area contributed by atoms with Crippen LogP contribution >= 0.6 is 0 Å².